The molecule has 1 rings (SSSR count). The first-order valence-electron chi connectivity index (χ1n) is 4.68. The van der Waals surface area contributed by atoms with Crippen LogP contribution in [0, 0.1) is 5.82 Å². The molecule has 16 heavy (non-hydrogen) atoms. The maximum Gasteiger partial charge on any atom is 0.335 e. The average molecular weight is 228 g/mol. The molecule has 0 spiro atoms. The first-order chi connectivity index (χ1) is 7.47. The average Bonchev–Trinajstić information content (AvgIpc) is 2.21. The Balaban J connectivity index is 3.21. The standard InChI is InChI=1S/C10H13FN2O3/c11-7-4-5(10(15)16)3-6(9(7)14)8(13)1-2-12/h3-4,8,14H,1-2,12-13H2,(H,15,16)/t8-/m1/s1. The minimum atomic E-state index is -1.28. The van der Waals surface area contributed by atoms with Crippen LogP contribution in [0.15, 0.2) is 12.1 Å². The van der Waals surface area contributed by atoms with Crippen LogP contribution in [0.25, 0.3) is 0 Å². The predicted molar refractivity (Wildman–Crippen MR) is 55.6 cm³/mol. The Hall–Kier alpha value is -1.66. The molecule has 1 atom stereocenters. The van der Waals surface area contributed by atoms with E-state index in [-0.39, 0.29) is 17.7 Å². The maximum absolute atomic E-state index is 13.2. The number of carboxylic acids is 1. The Morgan fingerprint density at radius 3 is 2.62 bits per heavy atom. The van der Waals surface area contributed by atoms with Gasteiger partial charge in [0.2, 0.25) is 0 Å². The molecular weight excluding hydrogens is 215 g/mol. The summed E-state index contributed by atoms with van der Waals surface area (Å²) in [6.07, 6.45) is 0.329. The number of phenolic OH excluding ortho intramolecular Hbond substituents is 1. The van der Waals surface area contributed by atoms with E-state index in [1.807, 2.05) is 0 Å². The molecule has 1 aromatic rings. The second-order valence-corrected chi connectivity index (χ2v) is 3.38. The van der Waals surface area contributed by atoms with Crippen molar-refractivity contribution in [3.8, 4) is 5.75 Å². The van der Waals surface area contributed by atoms with E-state index in [0.29, 0.717) is 6.42 Å². The van der Waals surface area contributed by atoms with Gasteiger partial charge in [-0.25, -0.2) is 9.18 Å². The van der Waals surface area contributed by atoms with E-state index >= 15 is 0 Å². The number of aromatic carboxylic acids is 1. The van der Waals surface area contributed by atoms with Crippen LogP contribution in [0.3, 0.4) is 0 Å². The largest absolute Gasteiger partial charge is 0.505 e. The normalized spacial score (nSPS) is 12.4. The van der Waals surface area contributed by atoms with E-state index in [0.717, 1.165) is 12.1 Å². The maximum atomic E-state index is 13.2. The molecule has 0 saturated heterocycles. The molecule has 88 valence electrons. The van der Waals surface area contributed by atoms with Gasteiger partial charge >= 0.3 is 5.97 Å². The molecule has 0 bridgehead atoms. The van der Waals surface area contributed by atoms with E-state index in [2.05, 4.69) is 0 Å². The number of carbonyl (C=O) groups is 1. The fraction of sp³-hybridized carbons (Fsp3) is 0.300. The zero-order valence-electron chi connectivity index (χ0n) is 8.48. The van der Waals surface area contributed by atoms with Crippen molar-refractivity contribution >= 4 is 5.97 Å². The molecule has 6 N–H and O–H groups in total. The molecule has 0 aliphatic carbocycles. The summed E-state index contributed by atoms with van der Waals surface area (Å²) in [5.41, 5.74) is 10.7. The summed E-state index contributed by atoms with van der Waals surface area (Å²) >= 11 is 0. The van der Waals surface area contributed by atoms with Gasteiger partial charge in [-0.05, 0) is 25.1 Å². The van der Waals surface area contributed by atoms with Crippen LogP contribution in [0.2, 0.25) is 0 Å². The third kappa shape index (κ3) is 2.47. The number of hydrogen-bond acceptors (Lipinski definition) is 4. The first kappa shape index (κ1) is 12.4. The van der Waals surface area contributed by atoms with Gasteiger partial charge in [0, 0.05) is 11.6 Å². The predicted octanol–water partition coefficient (Wildman–Crippen LogP) is 0.578. The highest BCUT2D eigenvalue weighted by Crippen LogP contribution is 2.28. The zero-order chi connectivity index (χ0) is 12.3. The minimum Gasteiger partial charge on any atom is -0.505 e. The number of halogens is 1. The van der Waals surface area contributed by atoms with E-state index < -0.39 is 23.6 Å². The number of nitrogens with two attached hydrogens (primary N) is 2. The van der Waals surface area contributed by atoms with Gasteiger partial charge in [0.25, 0.3) is 0 Å². The van der Waals surface area contributed by atoms with Crippen molar-refractivity contribution < 1.29 is 19.4 Å². The topological polar surface area (TPSA) is 110 Å². The molecule has 0 saturated carbocycles. The molecule has 5 nitrogen and oxygen atoms in total. The highest BCUT2D eigenvalue weighted by Gasteiger charge is 2.17. The number of carboxylic acid groups (broad SMARTS) is 1. The monoisotopic (exact) mass is 228 g/mol. The fourth-order valence-electron chi connectivity index (χ4n) is 1.36. The summed E-state index contributed by atoms with van der Waals surface area (Å²) in [6, 6.07) is 1.22. The van der Waals surface area contributed by atoms with Crippen molar-refractivity contribution in [1.82, 2.24) is 0 Å². The lowest BCUT2D eigenvalue weighted by Gasteiger charge is -2.13. The number of phenols is 1. The molecule has 0 aromatic heterocycles. The lowest BCUT2D eigenvalue weighted by molar-refractivity contribution is 0.0696. The van der Waals surface area contributed by atoms with Gasteiger partial charge in [0.05, 0.1) is 5.56 Å². The Bertz CT molecular complexity index is 409. The molecule has 6 heteroatoms. The van der Waals surface area contributed by atoms with Crippen LogP contribution >= 0.6 is 0 Å². The third-order valence-corrected chi connectivity index (χ3v) is 2.22. The highest BCUT2D eigenvalue weighted by molar-refractivity contribution is 5.88. The van der Waals surface area contributed by atoms with Crippen molar-refractivity contribution in [2.75, 3.05) is 6.54 Å². The molecule has 0 unspecified atom stereocenters. The molecule has 0 heterocycles. The molecule has 0 fully saturated rings. The number of benzene rings is 1. The highest BCUT2D eigenvalue weighted by atomic mass is 19.1. The van der Waals surface area contributed by atoms with Gasteiger partial charge in [-0.15, -0.1) is 0 Å². The van der Waals surface area contributed by atoms with Gasteiger partial charge in [-0.3, -0.25) is 0 Å². The van der Waals surface area contributed by atoms with E-state index in [4.69, 9.17) is 16.6 Å². The Morgan fingerprint density at radius 2 is 2.12 bits per heavy atom. The summed E-state index contributed by atoms with van der Waals surface area (Å²) in [4.78, 5) is 10.7. The van der Waals surface area contributed by atoms with Crippen molar-refractivity contribution in [1.29, 1.82) is 0 Å². The van der Waals surface area contributed by atoms with Crippen LogP contribution < -0.4 is 11.5 Å². The lowest BCUT2D eigenvalue weighted by atomic mass is 10.0. The van der Waals surface area contributed by atoms with Crippen LogP contribution in [-0.2, 0) is 0 Å². The SMILES string of the molecule is NCC[C@@H](N)c1cc(C(=O)O)cc(F)c1O. The molecule has 0 radical (unpaired) electrons. The van der Waals surface area contributed by atoms with E-state index in [9.17, 15) is 14.3 Å². The summed E-state index contributed by atoms with van der Waals surface area (Å²) < 4.78 is 13.2. The van der Waals surface area contributed by atoms with Gasteiger partial charge in [0.1, 0.15) is 0 Å². The summed E-state index contributed by atoms with van der Waals surface area (Å²) in [5, 5.41) is 18.1. The Kier molecular flexibility index (Phi) is 3.81. The first-order valence-corrected chi connectivity index (χ1v) is 4.68. The van der Waals surface area contributed by atoms with Crippen LogP contribution in [0.1, 0.15) is 28.4 Å². The van der Waals surface area contributed by atoms with Crippen molar-refractivity contribution in [2.24, 2.45) is 11.5 Å². The second-order valence-electron chi connectivity index (χ2n) is 3.38. The summed E-state index contributed by atoms with van der Waals surface area (Å²) in [7, 11) is 0. The van der Waals surface area contributed by atoms with Crippen LogP contribution in [0.4, 0.5) is 4.39 Å². The number of aromatic hydroxyl groups is 1. The Labute approximate surface area is 91.5 Å². The smallest absolute Gasteiger partial charge is 0.335 e. The van der Waals surface area contributed by atoms with Gasteiger partial charge in [-0.2, -0.15) is 0 Å². The lowest BCUT2D eigenvalue weighted by Crippen LogP contribution is -2.16. The molecular formula is C10H13FN2O3. The Morgan fingerprint density at radius 1 is 1.50 bits per heavy atom. The minimum absolute atomic E-state index is 0.0582. The molecule has 0 aliphatic rings. The van der Waals surface area contributed by atoms with E-state index in [1.54, 1.807) is 0 Å². The van der Waals surface area contributed by atoms with Gasteiger partial charge < -0.3 is 21.7 Å². The zero-order valence-corrected chi connectivity index (χ0v) is 8.48. The number of rotatable bonds is 4. The molecule has 0 aliphatic heterocycles. The van der Waals surface area contributed by atoms with Crippen LogP contribution in [0.5, 0.6) is 5.75 Å². The van der Waals surface area contributed by atoms with Crippen molar-refractivity contribution in [2.45, 2.75) is 12.5 Å². The third-order valence-electron chi connectivity index (χ3n) is 2.22. The number of hydrogen-bond donors (Lipinski definition) is 4. The molecule has 1 aromatic carbocycles. The van der Waals surface area contributed by atoms with Crippen LogP contribution in [-0.4, -0.2) is 22.7 Å². The van der Waals surface area contributed by atoms with Crippen molar-refractivity contribution in [3.05, 3.63) is 29.1 Å². The fourth-order valence-corrected chi connectivity index (χ4v) is 1.36. The second kappa shape index (κ2) is 4.91. The molecule has 0 amide bonds. The van der Waals surface area contributed by atoms with Gasteiger partial charge in [0.15, 0.2) is 11.6 Å². The summed E-state index contributed by atoms with van der Waals surface area (Å²) in [6.45, 7) is 0.263. The quantitative estimate of drug-likeness (QED) is 0.602. The van der Waals surface area contributed by atoms with E-state index in [1.165, 1.54) is 0 Å². The summed E-state index contributed by atoms with van der Waals surface area (Å²) in [5.74, 6) is -2.89. The van der Waals surface area contributed by atoms with Gasteiger partial charge in [-0.1, -0.05) is 0 Å². The van der Waals surface area contributed by atoms with Crippen molar-refractivity contribution in [3.63, 3.8) is 0 Å².